The summed E-state index contributed by atoms with van der Waals surface area (Å²) in [6, 6.07) is 8.08. The van der Waals surface area contributed by atoms with Crippen LogP contribution in [-0.2, 0) is 17.8 Å². The molecular weight excluding hydrogens is 345 g/mol. The standard InChI is InChI=1S/C18H21Cl2N3O/c1-12(2)17(24)21-9-5-8-16-22-14-6-3-4-7-15(14)23(16)11-13-10-18(13,19)20/h3-4,6-7,13H,1,5,8-11H2,2H3,(H,21,24). The molecule has 4 nitrogen and oxygen atoms in total. The van der Waals surface area contributed by atoms with Crippen LogP contribution in [-0.4, -0.2) is 26.3 Å². The number of alkyl halides is 2. The first-order valence-electron chi connectivity index (χ1n) is 8.14. The Morgan fingerprint density at radius 2 is 2.17 bits per heavy atom. The highest BCUT2D eigenvalue weighted by molar-refractivity contribution is 6.50. The molecule has 0 radical (unpaired) electrons. The van der Waals surface area contributed by atoms with Gasteiger partial charge >= 0.3 is 0 Å². The Labute approximate surface area is 151 Å². The predicted molar refractivity (Wildman–Crippen MR) is 98.4 cm³/mol. The molecule has 0 saturated heterocycles. The van der Waals surface area contributed by atoms with E-state index in [0.29, 0.717) is 12.1 Å². The summed E-state index contributed by atoms with van der Waals surface area (Å²) in [6.45, 7) is 6.72. The number of nitrogens with one attached hydrogen (secondary N) is 1. The van der Waals surface area contributed by atoms with Gasteiger partial charge in [0.05, 0.1) is 11.0 Å². The van der Waals surface area contributed by atoms with E-state index in [0.717, 1.165) is 42.7 Å². The Morgan fingerprint density at radius 3 is 2.83 bits per heavy atom. The zero-order chi connectivity index (χ0) is 17.3. The van der Waals surface area contributed by atoms with E-state index in [1.807, 2.05) is 18.2 Å². The number of imidazole rings is 1. The van der Waals surface area contributed by atoms with Gasteiger partial charge < -0.3 is 9.88 Å². The fourth-order valence-corrected chi connectivity index (χ4v) is 3.32. The number of para-hydroxylation sites is 2. The monoisotopic (exact) mass is 365 g/mol. The third-order valence-electron chi connectivity index (χ3n) is 4.34. The van der Waals surface area contributed by atoms with E-state index in [4.69, 9.17) is 28.2 Å². The number of carbonyl (C=O) groups is 1. The quantitative estimate of drug-likeness (QED) is 0.460. The van der Waals surface area contributed by atoms with Crippen LogP contribution >= 0.6 is 23.2 Å². The maximum atomic E-state index is 11.5. The van der Waals surface area contributed by atoms with E-state index < -0.39 is 4.33 Å². The Morgan fingerprint density at radius 1 is 1.46 bits per heavy atom. The Kier molecular flexibility index (Phi) is 4.88. The third-order valence-corrected chi connectivity index (χ3v) is 5.27. The maximum absolute atomic E-state index is 11.5. The number of carbonyl (C=O) groups excluding carboxylic acids is 1. The van der Waals surface area contributed by atoms with Crippen molar-refractivity contribution >= 4 is 40.1 Å². The van der Waals surface area contributed by atoms with Gasteiger partial charge in [0.1, 0.15) is 10.2 Å². The molecule has 1 heterocycles. The second kappa shape index (κ2) is 6.77. The molecule has 128 valence electrons. The zero-order valence-electron chi connectivity index (χ0n) is 13.7. The molecule has 6 heteroatoms. The van der Waals surface area contributed by atoms with Crippen LogP contribution in [0, 0.1) is 5.92 Å². The molecule has 1 N–H and O–H groups in total. The van der Waals surface area contributed by atoms with E-state index in [9.17, 15) is 4.79 Å². The minimum absolute atomic E-state index is 0.101. The fourth-order valence-electron chi connectivity index (χ4n) is 2.81. The van der Waals surface area contributed by atoms with Crippen molar-refractivity contribution < 1.29 is 4.79 Å². The number of aryl methyl sites for hydroxylation is 1. The van der Waals surface area contributed by atoms with Crippen LogP contribution in [0.5, 0.6) is 0 Å². The molecule has 1 aliphatic rings. The molecule has 0 bridgehead atoms. The minimum atomic E-state index is -0.599. The maximum Gasteiger partial charge on any atom is 0.246 e. The lowest BCUT2D eigenvalue weighted by molar-refractivity contribution is -0.117. The molecule has 1 aromatic heterocycles. The van der Waals surface area contributed by atoms with Crippen LogP contribution in [0.2, 0.25) is 0 Å². The lowest BCUT2D eigenvalue weighted by atomic mass is 10.2. The first kappa shape index (κ1) is 17.3. The average Bonchev–Trinajstić information content (AvgIpc) is 2.99. The highest BCUT2D eigenvalue weighted by atomic mass is 35.5. The van der Waals surface area contributed by atoms with Gasteiger partial charge in [-0.05, 0) is 31.9 Å². The van der Waals surface area contributed by atoms with E-state index in [-0.39, 0.29) is 11.8 Å². The lowest BCUT2D eigenvalue weighted by Gasteiger charge is -2.10. The number of benzene rings is 1. The molecule has 1 unspecified atom stereocenters. The molecular formula is C18H21Cl2N3O. The van der Waals surface area contributed by atoms with Gasteiger partial charge in [0, 0.05) is 31.0 Å². The van der Waals surface area contributed by atoms with Crippen LogP contribution in [0.3, 0.4) is 0 Å². The number of aromatic nitrogens is 2. The van der Waals surface area contributed by atoms with Crippen LogP contribution in [0.1, 0.15) is 25.6 Å². The van der Waals surface area contributed by atoms with E-state index in [2.05, 4.69) is 22.5 Å². The number of amides is 1. The fraction of sp³-hybridized carbons (Fsp3) is 0.444. The number of rotatable bonds is 7. The van der Waals surface area contributed by atoms with Gasteiger partial charge in [0.25, 0.3) is 0 Å². The second-order valence-electron chi connectivity index (χ2n) is 6.43. The summed E-state index contributed by atoms with van der Waals surface area (Å²) >= 11 is 12.4. The van der Waals surface area contributed by atoms with E-state index in [1.165, 1.54) is 0 Å². The molecule has 2 aromatic rings. The van der Waals surface area contributed by atoms with Crippen molar-refractivity contribution in [3.63, 3.8) is 0 Å². The van der Waals surface area contributed by atoms with Gasteiger partial charge in [-0.2, -0.15) is 0 Å². The number of hydrogen-bond acceptors (Lipinski definition) is 2. The van der Waals surface area contributed by atoms with Crippen molar-refractivity contribution in [1.29, 1.82) is 0 Å². The molecule has 24 heavy (non-hydrogen) atoms. The van der Waals surface area contributed by atoms with E-state index in [1.54, 1.807) is 6.92 Å². The molecule has 3 rings (SSSR count). The molecule has 1 atom stereocenters. The van der Waals surface area contributed by atoms with Crippen molar-refractivity contribution in [3.05, 3.63) is 42.2 Å². The Hall–Kier alpha value is -1.52. The topological polar surface area (TPSA) is 46.9 Å². The molecule has 1 saturated carbocycles. The van der Waals surface area contributed by atoms with Crippen molar-refractivity contribution in [3.8, 4) is 0 Å². The molecule has 1 aliphatic carbocycles. The number of halogens is 2. The van der Waals surface area contributed by atoms with Crippen LogP contribution < -0.4 is 5.32 Å². The van der Waals surface area contributed by atoms with Crippen molar-refractivity contribution in [2.45, 2.75) is 37.1 Å². The van der Waals surface area contributed by atoms with Gasteiger partial charge in [-0.15, -0.1) is 23.2 Å². The minimum Gasteiger partial charge on any atom is -0.352 e. The van der Waals surface area contributed by atoms with Crippen molar-refractivity contribution in [2.24, 2.45) is 5.92 Å². The predicted octanol–water partition coefficient (Wildman–Crippen LogP) is 3.86. The molecule has 1 aromatic carbocycles. The highest BCUT2D eigenvalue weighted by Crippen LogP contribution is 2.54. The number of fused-ring (bicyclic) bond motifs is 1. The van der Waals surface area contributed by atoms with Gasteiger partial charge in [-0.3, -0.25) is 4.79 Å². The zero-order valence-corrected chi connectivity index (χ0v) is 15.2. The molecule has 1 fully saturated rings. The normalized spacial score (nSPS) is 18.5. The van der Waals surface area contributed by atoms with Crippen molar-refractivity contribution in [2.75, 3.05) is 6.54 Å². The van der Waals surface area contributed by atoms with Crippen LogP contribution in [0.25, 0.3) is 11.0 Å². The van der Waals surface area contributed by atoms with Gasteiger partial charge in [0.15, 0.2) is 0 Å². The van der Waals surface area contributed by atoms with Crippen molar-refractivity contribution in [1.82, 2.24) is 14.9 Å². The van der Waals surface area contributed by atoms with Crippen LogP contribution in [0.15, 0.2) is 36.4 Å². The Bertz CT molecular complexity index is 782. The van der Waals surface area contributed by atoms with Gasteiger partial charge in [0.2, 0.25) is 5.91 Å². The lowest BCUT2D eigenvalue weighted by Crippen LogP contribution is -2.25. The first-order valence-corrected chi connectivity index (χ1v) is 8.90. The average molecular weight is 366 g/mol. The molecule has 0 spiro atoms. The first-order chi connectivity index (χ1) is 11.4. The van der Waals surface area contributed by atoms with Gasteiger partial charge in [-0.25, -0.2) is 4.98 Å². The van der Waals surface area contributed by atoms with Crippen LogP contribution in [0.4, 0.5) is 0 Å². The third kappa shape index (κ3) is 3.76. The van der Waals surface area contributed by atoms with E-state index >= 15 is 0 Å². The summed E-state index contributed by atoms with van der Waals surface area (Å²) in [6.07, 6.45) is 2.42. The summed E-state index contributed by atoms with van der Waals surface area (Å²) in [7, 11) is 0. The number of hydrogen-bond donors (Lipinski definition) is 1. The molecule has 0 aliphatic heterocycles. The second-order valence-corrected chi connectivity index (χ2v) is 7.97. The summed E-state index contributed by atoms with van der Waals surface area (Å²) in [5.74, 6) is 1.17. The summed E-state index contributed by atoms with van der Waals surface area (Å²) in [5.41, 5.74) is 2.61. The molecule has 1 amide bonds. The summed E-state index contributed by atoms with van der Waals surface area (Å²) in [5, 5.41) is 2.85. The highest BCUT2D eigenvalue weighted by Gasteiger charge is 2.51. The van der Waals surface area contributed by atoms with Gasteiger partial charge in [-0.1, -0.05) is 18.7 Å². The smallest absolute Gasteiger partial charge is 0.246 e. The largest absolute Gasteiger partial charge is 0.352 e. The SMILES string of the molecule is C=C(C)C(=O)NCCCc1nc2ccccc2n1CC1CC1(Cl)Cl. The summed E-state index contributed by atoms with van der Waals surface area (Å²) < 4.78 is 1.62. The number of nitrogens with zero attached hydrogens (tertiary/aromatic N) is 2. The Balaban J connectivity index is 1.70. The summed E-state index contributed by atoms with van der Waals surface area (Å²) in [4.78, 5) is 16.3.